The molecule has 112 valence electrons. The third-order valence-electron chi connectivity index (χ3n) is 3.97. The standard InChI is InChI=1S/C15H29NO3/c1-11-8-12(10-14(2,3)9-11)19-7-6-15(4,16)13(17)18-5/h11-12H,6-10,16H2,1-5H3. The van der Waals surface area contributed by atoms with E-state index in [2.05, 4.69) is 25.5 Å². The molecule has 1 aliphatic rings. The molecule has 3 unspecified atom stereocenters. The largest absolute Gasteiger partial charge is 0.468 e. The Kier molecular flexibility index (Phi) is 5.39. The molecule has 1 aliphatic carbocycles. The van der Waals surface area contributed by atoms with Gasteiger partial charge >= 0.3 is 5.97 Å². The molecule has 0 radical (unpaired) electrons. The van der Waals surface area contributed by atoms with E-state index in [1.165, 1.54) is 13.5 Å². The molecule has 1 saturated carbocycles. The van der Waals surface area contributed by atoms with Gasteiger partial charge in [0.25, 0.3) is 0 Å². The highest BCUT2D eigenvalue weighted by Crippen LogP contribution is 2.39. The van der Waals surface area contributed by atoms with Gasteiger partial charge in [0.2, 0.25) is 0 Å². The van der Waals surface area contributed by atoms with Crippen molar-refractivity contribution in [1.29, 1.82) is 0 Å². The number of carbonyl (C=O) groups excluding carboxylic acids is 1. The van der Waals surface area contributed by atoms with Gasteiger partial charge in [-0.1, -0.05) is 20.8 Å². The number of esters is 1. The molecule has 2 N–H and O–H groups in total. The lowest BCUT2D eigenvalue weighted by atomic mass is 9.71. The van der Waals surface area contributed by atoms with Gasteiger partial charge in [-0.25, -0.2) is 0 Å². The van der Waals surface area contributed by atoms with Crippen LogP contribution in [0.2, 0.25) is 0 Å². The van der Waals surface area contributed by atoms with E-state index >= 15 is 0 Å². The van der Waals surface area contributed by atoms with Crippen molar-refractivity contribution < 1.29 is 14.3 Å². The van der Waals surface area contributed by atoms with E-state index in [1.807, 2.05) is 0 Å². The van der Waals surface area contributed by atoms with Crippen LogP contribution in [-0.2, 0) is 14.3 Å². The predicted octanol–water partition coefficient (Wildman–Crippen LogP) is 2.50. The molecule has 0 heterocycles. The number of methoxy groups -OCH3 is 1. The second-order valence-electron chi connectivity index (χ2n) is 7.07. The van der Waals surface area contributed by atoms with Gasteiger partial charge in [0.15, 0.2) is 0 Å². The van der Waals surface area contributed by atoms with Gasteiger partial charge in [0.05, 0.1) is 13.2 Å². The van der Waals surface area contributed by atoms with E-state index in [1.54, 1.807) is 6.92 Å². The molecule has 4 heteroatoms. The summed E-state index contributed by atoms with van der Waals surface area (Å²) in [6.07, 6.45) is 4.21. The van der Waals surface area contributed by atoms with Crippen LogP contribution in [0.25, 0.3) is 0 Å². The molecule has 0 aliphatic heterocycles. The number of carbonyl (C=O) groups is 1. The van der Waals surface area contributed by atoms with Crippen molar-refractivity contribution >= 4 is 5.97 Å². The van der Waals surface area contributed by atoms with E-state index < -0.39 is 5.54 Å². The Hall–Kier alpha value is -0.610. The molecule has 0 aromatic heterocycles. The Morgan fingerprint density at radius 1 is 1.42 bits per heavy atom. The lowest BCUT2D eigenvalue weighted by Gasteiger charge is -2.39. The van der Waals surface area contributed by atoms with E-state index in [4.69, 9.17) is 10.5 Å². The molecule has 0 spiro atoms. The van der Waals surface area contributed by atoms with Crippen molar-refractivity contribution in [3.63, 3.8) is 0 Å². The van der Waals surface area contributed by atoms with Gasteiger partial charge in [0.1, 0.15) is 5.54 Å². The summed E-state index contributed by atoms with van der Waals surface area (Å²) in [6, 6.07) is 0. The third-order valence-corrected chi connectivity index (χ3v) is 3.97. The van der Waals surface area contributed by atoms with E-state index in [-0.39, 0.29) is 12.1 Å². The van der Waals surface area contributed by atoms with Crippen LogP contribution in [0, 0.1) is 11.3 Å². The lowest BCUT2D eigenvalue weighted by Crippen LogP contribution is -2.47. The molecule has 4 nitrogen and oxygen atoms in total. The van der Waals surface area contributed by atoms with Crippen LogP contribution in [0.1, 0.15) is 53.4 Å². The average Bonchev–Trinajstić information content (AvgIpc) is 2.24. The highest BCUT2D eigenvalue weighted by atomic mass is 16.5. The fourth-order valence-corrected chi connectivity index (χ4v) is 3.16. The molecule has 0 amide bonds. The van der Waals surface area contributed by atoms with Crippen LogP contribution in [0.4, 0.5) is 0 Å². The summed E-state index contributed by atoms with van der Waals surface area (Å²) in [6.45, 7) is 9.06. The first kappa shape index (κ1) is 16.4. The molecule has 0 aromatic rings. The maximum atomic E-state index is 11.5. The Labute approximate surface area is 117 Å². The summed E-state index contributed by atoms with van der Waals surface area (Å²) < 4.78 is 10.6. The van der Waals surface area contributed by atoms with Crippen molar-refractivity contribution in [2.45, 2.75) is 65.0 Å². The summed E-state index contributed by atoms with van der Waals surface area (Å²) in [5.41, 5.74) is 5.30. The molecule has 1 rings (SSSR count). The quantitative estimate of drug-likeness (QED) is 0.780. The Balaban J connectivity index is 2.39. The van der Waals surface area contributed by atoms with Gasteiger partial charge in [-0.15, -0.1) is 0 Å². The number of hydrogen-bond donors (Lipinski definition) is 1. The minimum Gasteiger partial charge on any atom is -0.468 e. The molecule has 0 aromatic carbocycles. The maximum Gasteiger partial charge on any atom is 0.325 e. The first-order valence-electron chi connectivity index (χ1n) is 7.15. The minimum absolute atomic E-state index is 0.284. The SMILES string of the molecule is COC(=O)C(C)(N)CCOC1CC(C)CC(C)(C)C1. The van der Waals surface area contributed by atoms with Crippen LogP contribution in [0.3, 0.4) is 0 Å². The zero-order valence-electron chi connectivity index (χ0n) is 13.0. The molecule has 0 saturated heterocycles. The predicted molar refractivity (Wildman–Crippen MR) is 75.8 cm³/mol. The van der Waals surface area contributed by atoms with Gasteiger partial charge in [-0.3, -0.25) is 4.79 Å². The van der Waals surface area contributed by atoms with Crippen molar-refractivity contribution in [3.05, 3.63) is 0 Å². The first-order chi connectivity index (χ1) is 8.66. The minimum atomic E-state index is -0.954. The zero-order chi connectivity index (χ0) is 14.7. The average molecular weight is 271 g/mol. The number of hydrogen-bond acceptors (Lipinski definition) is 4. The van der Waals surface area contributed by atoms with Crippen LogP contribution in [0.5, 0.6) is 0 Å². The third kappa shape index (κ3) is 5.11. The summed E-state index contributed by atoms with van der Waals surface area (Å²) in [5, 5.41) is 0. The smallest absolute Gasteiger partial charge is 0.325 e. The van der Waals surface area contributed by atoms with E-state index in [0.717, 1.165) is 12.8 Å². The Morgan fingerprint density at radius 3 is 2.58 bits per heavy atom. The van der Waals surface area contributed by atoms with Gasteiger partial charge < -0.3 is 15.2 Å². The van der Waals surface area contributed by atoms with Crippen molar-refractivity contribution in [1.82, 2.24) is 0 Å². The first-order valence-corrected chi connectivity index (χ1v) is 7.15. The fourth-order valence-electron chi connectivity index (χ4n) is 3.16. The second kappa shape index (κ2) is 6.23. The molecule has 19 heavy (non-hydrogen) atoms. The van der Waals surface area contributed by atoms with Gasteiger partial charge in [-0.2, -0.15) is 0 Å². The van der Waals surface area contributed by atoms with Crippen LogP contribution in [-0.4, -0.2) is 31.3 Å². The number of rotatable bonds is 5. The van der Waals surface area contributed by atoms with Crippen molar-refractivity contribution in [2.24, 2.45) is 17.1 Å². The highest BCUT2D eigenvalue weighted by Gasteiger charge is 2.34. The summed E-state index contributed by atoms with van der Waals surface area (Å²) in [7, 11) is 1.36. The summed E-state index contributed by atoms with van der Waals surface area (Å²) in [4.78, 5) is 11.5. The normalized spacial score (nSPS) is 29.6. The monoisotopic (exact) mass is 271 g/mol. The summed E-state index contributed by atoms with van der Waals surface area (Å²) >= 11 is 0. The topological polar surface area (TPSA) is 61.5 Å². The van der Waals surface area contributed by atoms with Crippen molar-refractivity contribution in [2.75, 3.05) is 13.7 Å². The molecule has 3 atom stereocenters. The summed E-state index contributed by atoms with van der Waals surface area (Å²) in [5.74, 6) is 0.312. The molecular weight excluding hydrogens is 242 g/mol. The Morgan fingerprint density at radius 2 is 2.05 bits per heavy atom. The maximum absolute atomic E-state index is 11.5. The van der Waals surface area contributed by atoms with Gasteiger partial charge in [0, 0.05) is 6.61 Å². The van der Waals surface area contributed by atoms with Gasteiger partial charge in [-0.05, 0) is 43.9 Å². The fraction of sp³-hybridized carbons (Fsp3) is 0.933. The lowest BCUT2D eigenvalue weighted by molar-refractivity contribution is -0.147. The van der Waals surface area contributed by atoms with Crippen LogP contribution in [0.15, 0.2) is 0 Å². The second-order valence-corrected chi connectivity index (χ2v) is 7.07. The van der Waals surface area contributed by atoms with Crippen LogP contribution >= 0.6 is 0 Å². The van der Waals surface area contributed by atoms with Crippen LogP contribution < -0.4 is 5.73 Å². The molecule has 0 bridgehead atoms. The zero-order valence-corrected chi connectivity index (χ0v) is 13.0. The van der Waals surface area contributed by atoms with Crippen molar-refractivity contribution in [3.8, 4) is 0 Å². The number of ether oxygens (including phenoxy) is 2. The Bertz CT molecular complexity index is 313. The highest BCUT2D eigenvalue weighted by molar-refractivity contribution is 5.79. The van der Waals surface area contributed by atoms with E-state index in [0.29, 0.717) is 24.4 Å². The number of nitrogens with two attached hydrogens (primary N) is 1. The molecular formula is C15H29NO3. The van der Waals surface area contributed by atoms with E-state index in [9.17, 15) is 4.79 Å². The molecule has 1 fully saturated rings.